The summed E-state index contributed by atoms with van der Waals surface area (Å²) in [5, 5.41) is 6.45. The number of Topliss-reactive ketones (excluding diaryl/α,β-unsaturated/α-hetero) is 1. The first-order chi connectivity index (χ1) is 18.1. The fourth-order valence-electron chi connectivity index (χ4n) is 6.48. The Bertz CT molecular complexity index is 1500. The molecule has 3 atom stereocenters. The number of hydrogen-bond donors (Lipinski definition) is 0. The van der Waals surface area contributed by atoms with Crippen molar-refractivity contribution in [1.82, 2.24) is 9.91 Å². The number of hydrogen-bond acceptors (Lipinski definition) is 4. The Morgan fingerprint density at radius 3 is 2.21 bits per heavy atom. The van der Waals surface area contributed by atoms with Gasteiger partial charge >= 0.3 is 0 Å². The minimum atomic E-state index is -1.28. The number of ketones is 1. The first-order valence-electron chi connectivity index (χ1n) is 12.7. The number of halogens is 1. The maximum absolute atomic E-state index is 14.6. The summed E-state index contributed by atoms with van der Waals surface area (Å²) in [6.45, 7) is 6.27. The van der Waals surface area contributed by atoms with Gasteiger partial charge in [0, 0.05) is 29.0 Å². The summed E-state index contributed by atoms with van der Waals surface area (Å²) in [5.74, 6) is -1.78. The highest BCUT2D eigenvalue weighted by atomic mass is 79.9. The van der Waals surface area contributed by atoms with Gasteiger partial charge in [-0.15, -0.1) is 0 Å². The molecule has 38 heavy (non-hydrogen) atoms. The molecular formula is C31H28BrN3O3. The first kappa shape index (κ1) is 24.7. The van der Waals surface area contributed by atoms with E-state index in [1.165, 1.54) is 5.01 Å². The predicted octanol–water partition coefficient (Wildman–Crippen LogP) is 5.18. The highest BCUT2D eigenvalue weighted by Gasteiger charge is 2.91. The molecule has 192 valence electrons. The van der Waals surface area contributed by atoms with E-state index in [0.717, 1.165) is 21.2 Å². The highest BCUT2D eigenvalue weighted by Crippen LogP contribution is 2.79. The molecule has 2 spiro atoms. The van der Waals surface area contributed by atoms with Gasteiger partial charge in [0.15, 0.2) is 0 Å². The number of fused-ring (bicyclic) bond motifs is 1. The summed E-state index contributed by atoms with van der Waals surface area (Å²) in [5.41, 5.74) is -0.0138. The first-order valence-corrected chi connectivity index (χ1v) is 13.5. The normalized spacial score (nSPS) is 26.6. The zero-order chi connectivity index (χ0) is 26.9. The largest absolute Gasteiger partial charge is 0.331 e. The monoisotopic (exact) mass is 569 g/mol. The van der Waals surface area contributed by atoms with Crippen LogP contribution in [0.25, 0.3) is 0 Å². The summed E-state index contributed by atoms with van der Waals surface area (Å²) in [6.07, 6.45) is 0. The second-order valence-electron chi connectivity index (χ2n) is 11.3. The smallest absolute Gasteiger partial charge is 0.291 e. The lowest BCUT2D eigenvalue weighted by molar-refractivity contribution is -0.143. The standard InChI is InChI=1S/C31H28BrN3O3/c1-29(2,3)35-28(38)31(25(33-35)22-15-10-16-23(32)17-22)24(21-13-8-5-9-14-21)30(31)19-34(27(37)26(30)36)18-20-11-6-4-7-12-20/h4-17,24H,18-19H2,1-3H3/t24-,30?,31?/m0/s1. The molecule has 3 aliphatic rings. The Morgan fingerprint density at radius 1 is 0.921 bits per heavy atom. The summed E-state index contributed by atoms with van der Waals surface area (Å²) in [7, 11) is 0. The summed E-state index contributed by atoms with van der Waals surface area (Å²) >= 11 is 3.56. The maximum Gasteiger partial charge on any atom is 0.291 e. The second-order valence-corrected chi connectivity index (χ2v) is 12.3. The number of carbonyl (C=O) groups is 3. The van der Waals surface area contributed by atoms with E-state index < -0.39 is 34.0 Å². The Balaban J connectivity index is 1.56. The average molecular weight is 570 g/mol. The molecule has 1 aliphatic carbocycles. The molecule has 1 saturated carbocycles. The van der Waals surface area contributed by atoms with E-state index >= 15 is 0 Å². The Morgan fingerprint density at radius 2 is 1.58 bits per heavy atom. The van der Waals surface area contributed by atoms with Crippen LogP contribution in [0.5, 0.6) is 0 Å². The molecule has 6 rings (SSSR count). The highest BCUT2D eigenvalue weighted by molar-refractivity contribution is 9.10. The van der Waals surface area contributed by atoms with Crippen molar-refractivity contribution in [2.45, 2.75) is 38.8 Å². The van der Waals surface area contributed by atoms with Gasteiger partial charge in [0.25, 0.3) is 11.8 Å². The molecule has 2 heterocycles. The van der Waals surface area contributed by atoms with Gasteiger partial charge in [-0.1, -0.05) is 88.7 Å². The second kappa shape index (κ2) is 8.46. The number of benzene rings is 3. The van der Waals surface area contributed by atoms with Gasteiger partial charge in [0.1, 0.15) is 5.41 Å². The molecule has 3 aromatic rings. The van der Waals surface area contributed by atoms with E-state index in [4.69, 9.17) is 5.10 Å². The van der Waals surface area contributed by atoms with Crippen molar-refractivity contribution in [2.75, 3.05) is 6.54 Å². The number of rotatable bonds is 4. The van der Waals surface area contributed by atoms with Crippen LogP contribution in [0.15, 0.2) is 94.5 Å². The minimum Gasteiger partial charge on any atom is -0.331 e. The van der Waals surface area contributed by atoms with E-state index in [2.05, 4.69) is 15.9 Å². The molecule has 1 saturated heterocycles. The van der Waals surface area contributed by atoms with Crippen LogP contribution in [0.3, 0.4) is 0 Å². The van der Waals surface area contributed by atoms with Gasteiger partial charge in [-0.3, -0.25) is 14.4 Å². The lowest BCUT2D eigenvalue weighted by atomic mass is 9.83. The third-order valence-electron chi connectivity index (χ3n) is 8.06. The Kier molecular flexibility index (Phi) is 5.51. The Hall–Kier alpha value is -3.58. The molecular weight excluding hydrogens is 542 g/mol. The number of nitrogens with zero attached hydrogens (tertiary/aromatic N) is 3. The van der Waals surface area contributed by atoms with Gasteiger partial charge in [-0.05, 0) is 44.0 Å². The molecule has 2 amide bonds. The van der Waals surface area contributed by atoms with E-state index in [1.807, 2.05) is 106 Å². The summed E-state index contributed by atoms with van der Waals surface area (Å²) in [6, 6.07) is 26.9. The number of carbonyl (C=O) groups excluding carboxylic acids is 3. The van der Waals surface area contributed by atoms with Crippen LogP contribution in [0.1, 0.15) is 43.4 Å². The third kappa shape index (κ3) is 3.30. The third-order valence-corrected chi connectivity index (χ3v) is 8.55. The van der Waals surface area contributed by atoms with E-state index in [-0.39, 0.29) is 12.5 Å². The van der Waals surface area contributed by atoms with Crippen molar-refractivity contribution in [3.63, 3.8) is 0 Å². The van der Waals surface area contributed by atoms with Crippen LogP contribution in [0, 0.1) is 10.8 Å². The van der Waals surface area contributed by atoms with Crippen molar-refractivity contribution in [1.29, 1.82) is 0 Å². The molecule has 0 N–H and O–H groups in total. The fraction of sp³-hybridized carbons (Fsp3) is 0.290. The average Bonchev–Trinajstić information content (AvgIpc) is 3.26. The lowest BCUT2D eigenvalue weighted by Crippen LogP contribution is -2.44. The van der Waals surface area contributed by atoms with Crippen LogP contribution < -0.4 is 0 Å². The van der Waals surface area contributed by atoms with Gasteiger partial charge in [-0.25, -0.2) is 5.01 Å². The molecule has 0 radical (unpaired) electrons. The molecule has 0 aromatic heterocycles. The van der Waals surface area contributed by atoms with Gasteiger partial charge in [0.05, 0.1) is 16.7 Å². The minimum absolute atomic E-state index is 0.163. The molecule has 7 heteroatoms. The zero-order valence-corrected chi connectivity index (χ0v) is 23.1. The maximum atomic E-state index is 14.6. The van der Waals surface area contributed by atoms with E-state index in [1.54, 1.807) is 4.90 Å². The van der Waals surface area contributed by atoms with Crippen LogP contribution >= 0.6 is 15.9 Å². The predicted molar refractivity (Wildman–Crippen MR) is 148 cm³/mol. The topological polar surface area (TPSA) is 70.1 Å². The molecule has 3 aromatic carbocycles. The number of likely N-dealkylation sites (tertiary alicyclic amines) is 1. The molecule has 0 bridgehead atoms. The lowest BCUT2D eigenvalue weighted by Gasteiger charge is -2.29. The van der Waals surface area contributed by atoms with Crippen molar-refractivity contribution in [3.8, 4) is 0 Å². The SMILES string of the molecule is CC(C)(C)N1N=C(c2cccc(Br)c2)C2(C1=O)[C@@H](c1ccccc1)C21CN(Cc2ccccc2)C(=O)C1=O. The van der Waals surface area contributed by atoms with Crippen LogP contribution in [0.2, 0.25) is 0 Å². The van der Waals surface area contributed by atoms with Crippen molar-refractivity contribution in [2.24, 2.45) is 15.9 Å². The quantitative estimate of drug-likeness (QED) is 0.407. The number of amides is 2. The van der Waals surface area contributed by atoms with Gasteiger partial charge in [0.2, 0.25) is 5.78 Å². The molecule has 6 nitrogen and oxygen atoms in total. The van der Waals surface area contributed by atoms with E-state index in [0.29, 0.717) is 12.3 Å². The molecule has 2 fully saturated rings. The van der Waals surface area contributed by atoms with Crippen molar-refractivity contribution in [3.05, 3.63) is 106 Å². The van der Waals surface area contributed by atoms with Gasteiger partial charge < -0.3 is 4.90 Å². The summed E-state index contributed by atoms with van der Waals surface area (Å²) in [4.78, 5) is 43.9. The van der Waals surface area contributed by atoms with E-state index in [9.17, 15) is 14.4 Å². The number of hydrazone groups is 1. The van der Waals surface area contributed by atoms with Crippen molar-refractivity contribution >= 4 is 39.2 Å². The molecule has 2 aliphatic heterocycles. The van der Waals surface area contributed by atoms with Crippen LogP contribution in [0.4, 0.5) is 0 Å². The fourth-order valence-corrected chi connectivity index (χ4v) is 6.88. The van der Waals surface area contributed by atoms with Crippen LogP contribution in [-0.4, -0.2) is 45.3 Å². The molecule has 2 unspecified atom stereocenters. The summed E-state index contributed by atoms with van der Waals surface area (Å²) < 4.78 is 0.847. The van der Waals surface area contributed by atoms with Gasteiger partial charge in [-0.2, -0.15) is 5.10 Å². The van der Waals surface area contributed by atoms with Crippen molar-refractivity contribution < 1.29 is 14.4 Å². The Labute approximate surface area is 230 Å². The zero-order valence-electron chi connectivity index (χ0n) is 21.5. The van der Waals surface area contributed by atoms with Crippen LogP contribution in [-0.2, 0) is 20.9 Å².